The van der Waals surface area contributed by atoms with Crippen LogP contribution >= 0.6 is 27.5 Å². The molecule has 0 radical (unpaired) electrons. The molecule has 0 spiro atoms. The molecule has 3 N–H and O–H groups in total. The van der Waals surface area contributed by atoms with E-state index in [2.05, 4.69) is 27.4 Å². The minimum absolute atomic E-state index is 0.230. The quantitative estimate of drug-likeness (QED) is 0.522. The van der Waals surface area contributed by atoms with Crippen molar-refractivity contribution >= 4 is 38.5 Å². The molecule has 0 amide bonds. The van der Waals surface area contributed by atoms with E-state index in [1.54, 1.807) is 0 Å². The molecule has 1 atom stereocenters. The Morgan fingerprint density at radius 2 is 2.00 bits per heavy atom. The Hall–Kier alpha value is -1.33. The van der Waals surface area contributed by atoms with Crippen molar-refractivity contribution in [2.75, 3.05) is 0 Å². The number of aryl methyl sites for hydroxylation is 1. The average Bonchev–Trinajstić information content (AvgIpc) is 2.84. The summed E-state index contributed by atoms with van der Waals surface area (Å²) >= 11 is 9.59. The number of fused-ring (bicyclic) bond motifs is 1. The maximum Gasteiger partial charge on any atom is 0.134 e. The monoisotopic (exact) mass is 364 g/mol. The Kier molecular flexibility index (Phi) is 4.04. The number of benzene rings is 2. The lowest BCUT2D eigenvalue weighted by molar-refractivity contribution is 0.476. The second-order valence-corrected chi connectivity index (χ2v) is 6.25. The topological polar surface area (TPSA) is 51.2 Å². The molecule has 21 heavy (non-hydrogen) atoms. The van der Waals surface area contributed by atoms with E-state index in [-0.39, 0.29) is 6.04 Å². The van der Waals surface area contributed by atoms with Crippen LogP contribution in [0, 0.1) is 6.92 Å². The molecule has 0 saturated heterocycles. The number of hydrogen-bond donors (Lipinski definition) is 2. The van der Waals surface area contributed by atoms with Gasteiger partial charge in [0, 0.05) is 14.9 Å². The number of nitrogens with two attached hydrogens (primary N) is 1. The second-order valence-electron chi connectivity index (χ2n) is 4.96. The van der Waals surface area contributed by atoms with E-state index in [0.717, 1.165) is 26.8 Å². The van der Waals surface area contributed by atoms with Crippen LogP contribution in [-0.4, -0.2) is 0 Å². The van der Waals surface area contributed by atoms with Crippen molar-refractivity contribution in [1.29, 1.82) is 0 Å². The maximum atomic E-state index is 6.01. The summed E-state index contributed by atoms with van der Waals surface area (Å²) in [5.41, 5.74) is 5.80. The molecular weight excluding hydrogens is 352 g/mol. The Morgan fingerprint density at radius 1 is 1.19 bits per heavy atom. The summed E-state index contributed by atoms with van der Waals surface area (Å²) in [6, 6.07) is 13.4. The Labute approximate surface area is 136 Å². The predicted molar refractivity (Wildman–Crippen MR) is 89.3 cm³/mol. The van der Waals surface area contributed by atoms with Crippen LogP contribution in [-0.2, 0) is 0 Å². The van der Waals surface area contributed by atoms with Crippen LogP contribution in [0.4, 0.5) is 0 Å². The van der Waals surface area contributed by atoms with E-state index in [1.165, 1.54) is 5.56 Å². The van der Waals surface area contributed by atoms with E-state index < -0.39 is 0 Å². The van der Waals surface area contributed by atoms with Crippen molar-refractivity contribution in [3.63, 3.8) is 0 Å². The van der Waals surface area contributed by atoms with Crippen LogP contribution in [0.3, 0.4) is 0 Å². The van der Waals surface area contributed by atoms with Crippen LogP contribution < -0.4 is 11.3 Å². The standard InChI is InChI=1S/C16H14BrClN2O/c1-9-2-4-12(13(17)6-9)16(20-19)15-8-10-7-11(18)3-5-14(10)21-15/h2-8,16,20H,19H2,1H3. The van der Waals surface area contributed by atoms with Gasteiger partial charge in [-0.15, -0.1) is 0 Å². The lowest BCUT2D eigenvalue weighted by Crippen LogP contribution is -2.28. The zero-order valence-electron chi connectivity index (χ0n) is 11.4. The normalized spacial score (nSPS) is 12.8. The molecule has 1 aromatic heterocycles. The highest BCUT2D eigenvalue weighted by molar-refractivity contribution is 9.10. The molecule has 1 unspecified atom stereocenters. The maximum absolute atomic E-state index is 6.01. The fourth-order valence-corrected chi connectivity index (χ4v) is 3.27. The molecule has 5 heteroatoms. The average molecular weight is 366 g/mol. The van der Waals surface area contributed by atoms with E-state index in [0.29, 0.717) is 5.02 Å². The van der Waals surface area contributed by atoms with Gasteiger partial charge in [-0.25, -0.2) is 5.43 Å². The van der Waals surface area contributed by atoms with Gasteiger partial charge in [0.1, 0.15) is 17.4 Å². The van der Waals surface area contributed by atoms with Gasteiger partial charge in [0.15, 0.2) is 0 Å². The van der Waals surface area contributed by atoms with Gasteiger partial charge < -0.3 is 4.42 Å². The summed E-state index contributed by atoms with van der Waals surface area (Å²) < 4.78 is 6.88. The van der Waals surface area contributed by atoms with Gasteiger partial charge >= 0.3 is 0 Å². The second kappa shape index (κ2) is 5.81. The summed E-state index contributed by atoms with van der Waals surface area (Å²) in [6.07, 6.45) is 0. The fourth-order valence-electron chi connectivity index (χ4n) is 2.37. The molecule has 3 nitrogen and oxygen atoms in total. The molecule has 0 bridgehead atoms. The highest BCUT2D eigenvalue weighted by atomic mass is 79.9. The Bertz CT molecular complexity index is 800. The van der Waals surface area contributed by atoms with Gasteiger partial charge in [-0.05, 0) is 48.4 Å². The summed E-state index contributed by atoms with van der Waals surface area (Å²) in [6.45, 7) is 2.04. The third kappa shape index (κ3) is 2.85. The van der Waals surface area contributed by atoms with Crippen LogP contribution in [0.15, 0.2) is 51.4 Å². The van der Waals surface area contributed by atoms with Crippen LogP contribution in [0.5, 0.6) is 0 Å². The van der Waals surface area contributed by atoms with Crippen molar-refractivity contribution in [2.45, 2.75) is 13.0 Å². The number of nitrogens with one attached hydrogen (secondary N) is 1. The Morgan fingerprint density at radius 3 is 2.71 bits per heavy atom. The molecule has 0 aliphatic rings. The minimum atomic E-state index is -0.230. The third-order valence-corrected chi connectivity index (χ3v) is 4.34. The van der Waals surface area contributed by atoms with Crippen LogP contribution in [0.25, 0.3) is 11.0 Å². The lowest BCUT2D eigenvalue weighted by atomic mass is 10.0. The molecule has 3 aromatic rings. The van der Waals surface area contributed by atoms with E-state index in [9.17, 15) is 0 Å². The first-order valence-corrected chi connectivity index (χ1v) is 7.67. The molecule has 0 fully saturated rings. The Balaban J connectivity index is 2.09. The van der Waals surface area contributed by atoms with Crippen molar-refractivity contribution < 1.29 is 4.42 Å². The number of hydrazine groups is 1. The van der Waals surface area contributed by atoms with Crippen LogP contribution in [0.1, 0.15) is 22.9 Å². The summed E-state index contributed by atoms with van der Waals surface area (Å²) in [5, 5.41) is 1.64. The first-order chi connectivity index (χ1) is 10.1. The number of hydrogen-bond acceptors (Lipinski definition) is 3. The van der Waals surface area contributed by atoms with Gasteiger partial charge in [0.2, 0.25) is 0 Å². The molecule has 0 aliphatic heterocycles. The molecular formula is C16H14BrClN2O. The van der Waals surface area contributed by atoms with Crippen molar-refractivity contribution in [1.82, 2.24) is 5.43 Å². The number of halogens is 2. The van der Waals surface area contributed by atoms with Crippen molar-refractivity contribution in [2.24, 2.45) is 5.84 Å². The van der Waals surface area contributed by atoms with Gasteiger partial charge in [0.05, 0.1) is 0 Å². The predicted octanol–water partition coefficient (Wildman–Crippen LogP) is 4.71. The first kappa shape index (κ1) is 14.6. The molecule has 2 aromatic carbocycles. The summed E-state index contributed by atoms with van der Waals surface area (Å²) in [5.74, 6) is 6.49. The minimum Gasteiger partial charge on any atom is -0.459 e. The first-order valence-electron chi connectivity index (χ1n) is 6.49. The largest absolute Gasteiger partial charge is 0.459 e. The zero-order chi connectivity index (χ0) is 15.0. The molecule has 0 saturated carbocycles. The summed E-state index contributed by atoms with van der Waals surface area (Å²) in [7, 11) is 0. The van der Waals surface area contributed by atoms with Crippen LogP contribution in [0.2, 0.25) is 5.02 Å². The van der Waals surface area contributed by atoms with Gasteiger partial charge in [-0.1, -0.05) is 39.7 Å². The summed E-state index contributed by atoms with van der Waals surface area (Å²) in [4.78, 5) is 0. The number of rotatable bonds is 3. The third-order valence-electron chi connectivity index (χ3n) is 3.42. The van der Waals surface area contributed by atoms with E-state index in [1.807, 2.05) is 43.3 Å². The van der Waals surface area contributed by atoms with Gasteiger partial charge in [-0.2, -0.15) is 0 Å². The zero-order valence-corrected chi connectivity index (χ0v) is 13.7. The van der Waals surface area contributed by atoms with Gasteiger partial charge in [-0.3, -0.25) is 5.84 Å². The van der Waals surface area contributed by atoms with Gasteiger partial charge in [0.25, 0.3) is 0 Å². The fraction of sp³-hybridized carbons (Fsp3) is 0.125. The van der Waals surface area contributed by atoms with Crippen molar-refractivity contribution in [3.8, 4) is 0 Å². The van der Waals surface area contributed by atoms with E-state index in [4.69, 9.17) is 21.9 Å². The highest BCUT2D eigenvalue weighted by Crippen LogP contribution is 2.33. The molecule has 0 aliphatic carbocycles. The van der Waals surface area contributed by atoms with E-state index >= 15 is 0 Å². The molecule has 1 heterocycles. The SMILES string of the molecule is Cc1ccc(C(NN)c2cc3cc(Cl)ccc3o2)c(Br)c1. The lowest BCUT2D eigenvalue weighted by Gasteiger charge is -2.15. The smallest absolute Gasteiger partial charge is 0.134 e. The van der Waals surface area contributed by atoms with Crippen molar-refractivity contribution in [3.05, 3.63) is 68.8 Å². The molecule has 108 valence electrons. The number of furan rings is 1. The highest BCUT2D eigenvalue weighted by Gasteiger charge is 2.19. The molecule has 3 rings (SSSR count).